The summed E-state index contributed by atoms with van der Waals surface area (Å²) in [6, 6.07) is 0. The van der Waals surface area contributed by atoms with Crippen LogP contribution in [0.4, 0.5) is 0 Å². The van der Waals surface area contributed by atoms with E-state index >= 15 is 0 Å². The van der Waals surface area contributed by atoms with Crippen molar-refractivity contribution in [1.82, 2.24) is 0 Å². The Morgan fingerprint density at radius 3 is 2.33 bits per heavy atom. The minimum atomic E-state index is 0.134. The molecule has 0 aromatic heterocycles. The second-order valence-corrected chi connectivity index (χ2v) is 4.03. The Hall–Kier alpha value is -0.850. The van der Waals surface area contributed by atoms with Crippen LogP contribution in [0.15, 0.2) is 23.3 Å². The van der Waals surface area contributed by atoms with E-state index in [1.165, 1.54) is 11.1 Å². The number of Topliss-reactive ketones (excluding diaryl/α,β-unsaturated/α-hetero) is 1. The number of rotatable bonds is 0. The highest BCUT2D eigenvalue weighted by Gasteiger charge is 2.45. The lowest BCUT2D eigenvalue weighted by Crippen LogP contribution is -2.14. The van der Waals surface area contributed by atoms with E-state index in [0.717, 1.165) is 0 Å². The van der Waals surface area contributed by atoms with Gasteiger partial charge in [-0.3, -0.25) is 4.79 Å². The van der Waals surface area contributed by atoms with Gasteiger partial charge in [-0.05, 0) is 19.4 Å². The minimum absolute atomic E-state index is 0.134. The lowest BCUT2D eigenvalue weighted by Gasteiger charge is -2.09. The molecule has 2 aliphatic carbocycles. The molecule has 1 nitrogen and oxygen atoms in total. The summed E-state index contributed by atoms with van der Waals surface area (Å²) in [6.07, 6.45) is 4.26. The van der Waals surface area contributed by atoms with Crippen LogP contribution in [0, 0.1) is 17.8 Å². The van der Waals surface area contributed by atoms with Crippen molar-refractivity contribution < 1.29 is 4.79 Å². The fourth-order valence-electron chi connectivity index (χ4n) is 2.43. The van der Waals surface area contributed by atoms with Crippen molar-refractivity contribution in [2.45, 2.75) is 20.8 Å². The summed E-state index contributed by atoms with van der Waals surface area (Å²) in [7, 11) is 0. The summed E-state index contributed by atoms with van der Waals surface area (Å²) in [4.78, 5) is 11.6. The van der Waals surface area contributed by atoms with E-state index in [1.807, 2.05) is 6.92 Å². The van der Waals surface area contributed by atoms with Crippen LogP contribution in [-0.4, -0.2) is 5.78 Å². The number of fused-ring (bicyclic) bond motifs is 2. The molecule has 1 saturated carbocycles. The third-order valence-corrected chi connectivity index (χ3v) is 3.08. The average Bonchev–Trinajstić information content (AvgIpc) is 2.51. The number of allylic oxidation sites excluding steroid dienone is 4. The molecule has 64 valence electrons. The van der Waals surface area contributed by atoms with Crippen molar-refractivity contribution in [1.29, 1.82) is 0 Å². The van der Waals surface area contributed by atoms with Crippen LogP contribution >= 0.6 is 0 Å². The highest BCUT2D eigenvalue weighted by molar-refractivity contribution is 5.93. The maximum atomic E-state index is 11.6. The van der Waals surface area contributed by atoms with Crippen molar-refractivity contribution in [2.24, 2.45) is 17.8 Å². The highest BCUT2D eigenvalue weighted by atomic mass is 16.1. The van der Waals surface area contributed by atoms with E-state index in [0.29, 0.717) is 11.7 Å². The quantitative estimate of drug-likeness (QED) is 0.500. The van der Waals surface area contributed by atoms with Gasteiger partial charge in [0.15, 0.2) is 0 Å². The van der Waals surface area contributed by atoms with Crippen molar-refractivity contribution in [3.63, 3.8) is 0 Å². The maximum Gasteiger partial charge on any atom is 0.147 e. The van der Waals surface area contributed by atoms with Crippen LogP contribution < -0.4 is 0 Å². The molecule has 0 aliphatic heterocycles. The van der Waals surface area contributed by atoms with E-state index in [-0.39, 0.29) is 11.8 Å². The molecule has 0 unspecified atom stereocenters. The fraction of sp³-hybridized carbons (Fsp3) is 0.545. The van der Waals surface area contributed by atoms with Crippen molar-refractivity contribution in [2.75, 3.05) is 0 Å². The van der Waals surface area contributed by atoms with Gasteiger partial charge in [-0.1, -0.05) is 24.6 Å². The van der Waals surface area contributed by atoms with Crippen molar-refractivity contribution in [3.8, 4) is 0 Å². The van der Waals surface area contributed by atoms with Crippen LogP contribution in [0.25, 0.3) is 0 Å². The Bertz CT molecular complexity index is 292. The molecular weight excluding hydrogens is 148 g/mol. The Morgan fingerprint density at radius 1 is 1.33 bits per heavy atom. The molecule has 0 N–H and O–H groups in total. The largest absolute Gasteiger partial charge is 0.298 e. The first-order valence-corrected chi connectivity index (χ1v) is 4.52. The number of hydrogen-bond donors (Lipinski definition) is 0. The molecule has 0 radical (unpaired) electrons. The molecular formula is C11H14O. The first-order valence-electron chi connectivity index (χ1n) is 4.52. The molecule has 1 heteroatoms. The monoisotopic (exact) mass is 162 g/mol. The predicted molar refractivity (Wildman–Crippen MR) is 48.7 cm³/mol. The minimum Gasteiger partial charge on any atom is -0.298 e. The van der Waals surface area contributed by atoms with Gasteiger partial charge in [0, 0.05) is 11.8 Å². The van der Waals surface area contributed by atoms with Gasteiger partial charge < -0.3 is 0 Å². The summed E-state index contributed by atoms with van der Waals surface area (Å²) in [5.41, 5.74) is 2.69. The normalized spacial score (nSPS) is 38.1. The molecule has 0 amide bonds. The maximum absolute atomic E-state index is 11.6. The molecule has 0 saturated heterocycles. The fourth-order valence-corrected chi connectivity index (χ4v) is 2.43. The number of carbonyl (C=O) groups is 1. The molecule has 0 heterocycles. The van der Waals surface area contributed by atoms with Gasteiger partial charge in [0.05, 0.1) is 5.92 Å². The Labute approximate surface area is 73.2 Å². The van der Waals surface area contributed by atoms with E-state index < -0.39 is 0 Å². The molecule has 2 bridgehead atoms. The molecule has 1 fully saturated rings. The summed E-state index contributed by atoms with van der Waals surface area (Å²) in [5, 5.41) is 0. The van der Waals surface area contributed by atoms with Gasteiger partial charge in [-0.15, -0.1) is 0 Å². The van der Waals surface area contributed by atoms with E-state index in [4.69, 9.17) is 0 Å². The third kappa shape index (κ3) is 0.767. The third-order valence-electron chi connectivity index (χ3n) is 3.08. The first-order chi connectivity index (χ1) is 5.63. The molecule has 12 heavy (non-hydrogen) atoms. The van der Waals surface area contributed by atoms with Crippen LogP contribution in [0.3, 0.4) is 0 Å². The molecule has 3 atom stereocenters. The Balaban J connectivity index is 2.50. The number of carbonyl (C=O) groups excluding carboxylic acids is 1. The van der Waals surface area contributed by atoms with Gasteiger partial charge in [0.2, 0.25) is 0 Å². The average molecular weight is 162 g/mol. The predicted octanol–water partition coefficient (Wildman–Crippen LogP) is 2.34. The zero-order chi connectivity index (χ0) is 8.88. The van der Waals surface area contributed by atoms with Gasteiger partial charge in [0.25, 0.3) is 0 Å². The van der Waals surface area contributed by atoms with Gasteiger partial charge in [-0.2, -0.15) is 0 Å². The Morgan fingerprint density at radius 2 is 2.00 bits per heavy atom. The summed E-state index contributed by atoms with van der Waals surface area (Å²) in [6.45, 7) is 6.25. The Kier molecular flexibility index (Phi) is 1.50. The van der Waals surface area contributed by atoms with Gasteiger partial charge in [0.1, 0.15) is 5.78 Å². The molecule has 0 aromatic carbocycles. The molecule has 2 rings (SSSR count). The SMILES string of the molecule is CC(C)=C1[C@H]2C=C[C@@H]1[C@@H](C)C2=O. The van der Waals surface area contributed by atoms with Crippen LogP contribution in [0.1, 0.15) is 20.8 Å². The second-order valence-electron chi connectivity index (χ2n) is 4.03. The smallest absolute Gasteiger partial charge is 0.147 e. The zero-order valence-electron chi connectivity index (χ0n) is 7.79. The summed E-state index contributed by atoms with van der Waals surface area (Å²) < 4.78 is 0. The topological polar surface area (TPSA) is 17.1 Å². The van der Waals surface area contributed by atoms with Gasteiger partial charge >= 0.3 is 0 Å². The standard InChI is InChI=1S/C11H14O/c1-6(2)10-8-4-5-9(10)11(12)7(8)3/h4-5,7-9H,1-3H3/t7-,8-,9-/m1/s1. The van der Waals surface area contributed by atoms with Gasteiger partial charge in [-0.25, -0.2) is 0 Å². The first kappa shape index (κ1) is 7.78. The highest BCUT2D eigenvalue weighted by Crippen LogP contribution is 2.46. The van der Waals surface area contributed by atoms with Crippen molar-refractivity contribution >= 4 is 5.78 Å². The molecule has 2 aliphatic rings. The number of ketones is 1. The van der Waals surface area contributed by atoms with E-state index in [1.54, 1.807) is 0 Å². The zero-order valence-corrected chi connectivity index (χ0v) is 7.79. The summed E-state index contributed by atoms with van der Waals surface area (Å²) >= 11 is 0. The van der Waals surface area contributed by atoms with Crippen molar-refractivity contribution in [3.05, 3.63) is 23.3 Å². The number of hydrogen-bond acceptors (Lipinski definition) is 1. The van der Waals surface area contributed by atoms with Crippen LogP contribution in [0.5, 0.6) is 0 Å². The van der Waals surface area contributed by atoms with Crippen LogP contribution in [-0.2, 0) is 4.79 Å². The summed E-state index contributed by atoms with van der Waals surface area (Å²) in [5.74, 6) is 1.20. The van der Waals surface area contributed by atoms with E-state index in [2.05, 4.69) is 26.0 Å². The lowest BCUT2D eigenvalue weighted by atomic mass is 9.94. The van der Waals surface area contributed by atoms with Crippen LogP contribution in [0.2, 0.25) is 0 Å². The lowest BCUT2D eigenvalue weighted by molar-refractivity contribution is -0.122. The van der Waals surface area contributed by atoms with E-state index in [9.17, 15) is 4.79 Å². The molecule has 0 aromatic rings. The molecule has 0 spiro atoms. The second kappa shape index (κ2) is 2.32.